The third-order valence-electron chi connectivity index (χ3n) is 3.49. The fourth-order valence-corrected chi connectivity index (χ4v) is 2.49. The minimum atomic E-state index is -0.0910. The number of nitrogens with one attached hydrogen (secondary N) is 2. The highest BCUT2D eigenvalue weighted by atomic mass is 16.5. The van der Waals surface area contributed by atoms with Crippen molar-refractivity contribution in [2.75, 3.05) is 0 Å². The molecule has 1 aromatic carbocycles. The number of hydrogen-bond acceptors (Lipinski definition) is 5. The molecule has 6 heteroatoms. The zero-order valence-electron chi connectivity index (χ0n) is 12.0. The minimum Gasteiger partial charge on any atom is -0.487 e. The first-order valence-corrected chi connectivity index (χ1v) is 6.81. The minimum absolute atomic E-state index is 0.0645. The maximum Gasteiger partial charge on any atom is 0.191 e. The van der Waals surface area contributed by atoms with Crippen LogP contribution < -0.4 is 10.1 Å². The maximum atomic E-state index is 5.88. The molecular weight excluding hydrogens is 254 g/mol. The molecule has 1 aliphatic heterocycles. The summed E-state index contributed by atoms with van der Waals surface area (Å²) in [5.74, 6) is 1.68. The second-order valence-electron chi connectivity index (χ2n) is 5.85. The zero-order valence-corrected chi connectivity index (χ0v) is 12.0. The van der Waals surface area contributed by atoms with Crippen LogP contribution in [0.5, 0.6) is 5.75 Å². The summed E-state index contributed by atoms with van der Waals surface area (Å²) in [6.07, 6.45) is 0.955. The number of tetrazole rings is 1. The molecule has 1 aliphatic rings. The molecule has 3 rings (SSSR count). The van der Waals surface area contributed by atoms with Gasteiger partial charge in [0.25, 0.3) is 0 Å². The summed E-state index contributed by atoms with van der Waals surface area (Å²) >= 11 is 0. The monoisotopic (exact) mass is 273 g/mol. The van der Waals surface area contributed by atoms with E-state index < -0.39 is 0 Å². The van der Waals surface area contributed by atoms with E-state index in [0.29, 0.717) is 5.82 Å². The van der Waals surface area contributed by atoms with Gasteiger partial charge in [-0.3, -0.25) is 0 Å². The highest BCUT2D eigenvalue weighted by molar-refractivity contribution is 5.41. The van der Waals surface area contributed by atoms with Crippen molar-refractivity contribution in [3.05, 3.63) is 35.2 Å². The number of benzene rings is 1. The van der Waals surface area contributed by atoms with Gasteiger partial charge in [0.2, 0.25) is 0 Å². The second-order valence-corrected chi connectivity index (χ2v) is 5.85. The SMILES string of the molecule is CC(NCc1ccc2c(c1)CC(C)(C)O2)c1nn[nH]n1. The van der Waals surface area contributed by atoms with E-state index in [4.69, 9.17) is 4.74 Å². The van der Waals surface area contributed by atoms with E-state index in [1.165, 1.54) is 11.1 Å². The predicted octanol–water partition coefficient (Wildman–Crippen LogP) is 1.76. The third-order valence-corrected chi connectivity index (χ3v) is 3.49. The van der Waals surface area contributed by atoms with Crippen molar-refractivity contribution < 1.29 is 4.74 Å². The number of H-pyrrole nitrogens is 1. The molecule has 0 radical (unpaired) electrons. The molecular formula is C14H19N5O. The van der Waals surface area contributed by atoms with E-state index in [-0.39, 0.29) is 11.6 Å². The van der Waals surface area contributed by atoms with Crippen LogP contribution in [0.25, 0.3) is 0 Å². The molecule has 2 N–H and O–H groups in total. The maximum absolute atomic E-state index is 5.88. The Morgan fingerprint density at radius 3 is 3.05 bits per heavy atom. The molecule has 0 fully saturated rings. The van der Waals surface area contributed by atoms with Crippen molar-refractivity contribution in [2.24, 2.45) is 0 Å². The number of rotatable bonds is 4. The predicted molar refractivity (Wildman–Crippen MR) is 74.3 cm³/mol. The first-order chi connectivity index (χ1) is 9.53. The van der Waals surface area contributed by atoms with E-state index in [1.807, 2.05) is 6.92 Å². The van der Waals surface area contributed by atoms with Gasteiger partial charge in [0.15, 0.2) is 5.82 Å². The highest BCUT2D eigenvalue weighted by Crippen LogP contribution is 2.35. The van der Waals surface area contributed by atoms with Crippen LogP contribution in [0.4, 0.5) is 0 Å². The highest BCUT2D eigenvalue weighted by Gasteiger charge is 2.29. The summed E-state index contributed by atoms with van der Waals surface area (Å²) in [6, 6.07) is 6.42. The molecule has 2 heterocycles. The van der Waals surface area contributed by atoms with Gasteiger partial charge < -0.3 is 10.1 Å². The topological polar surface area (TPSA) is 75.7 Å². The van der Waals surface area contributed by atoms with Crippen LogP contribution in [0.1, 0.15) is 43.8 Å². The largest absolute Gasteiger partial charge is 0.487 e. The second kappa shape index (κ2) is 4.86. The average Bonchev–Trinajstić information content (AvgIpc) is 3.00. The molecule has 1 unspecified atom stereocenters. The average molecular weight is 273 g/mol. The number of ether oxygens (including phenoxy) is 1. The van der Waals surface area contributed by atoms with Gasteiger partial charge >= 0.3 is 0 Å². The van der Waals surface area contributed by atoms with Crippen LogP contribution in [0.15, 0.2) is 18.2 Å². The van der Waals surface area contributed by atoms with Crippen molar-refractivity contribution >= 4 is 0 Å². The van der Waals surface area contributed by atoms with E-state index >= 15 is 0 Å². The summed E-state index contributed by atoms with van der Waals surface area (Å²) in [4.78, 5) is 0. The van der Waals surface area contributed by atoms with Crippen molar-refractivity contribution in [2.45, 2.75) is 45.4 Å². The fourth-order valence-electron chi connectivity index (χ4n) is 2.49. The standard InChI is InChI=1S/C14H19N5O/c1-9(13-16-18-19-17-13)15-8-10-4-5-12-11(6-10)7-14(2,3)20-12/h4-6,9,15H,7-8H2,1-3H3,(H,16,17,18,19). The van der Waals surface area contributed by atoms with E-state index in [9.17, 15) is 0 Å². The lowest BCUT2D eigenvalue weighted by Crippen LogP contribution is -2.24. The number of aromatic amines is 1. The summed E-state index contributed by atoms with van der Waals surface area (Å²) in [5, 5.41) is 17.4. The molecule has 0 bridgehead atoms. The lowest BCUT2D eigenvalue weighted by molar-refractivity contribution is 0.138. The van der Waals surface area contributed by atoms with Crippen LogP contribution in [0, 0.1) is 0 Å². The Bertz CT molecular complexity index is 594. The molecule has 6 nitrogen and oxygen atoms in total. The van der Waals surface area contributed by atoms with Gasteiger partial charge in [0, 0.05) is 13.0 Å². The molecule has 106 valence electrons. The Morgan fingerprint density at radius 1 is 1.45 bits per heavy atom. The Hall–Kier alpha value is -1.95. The van der Waals surface area contributed by atoms with Crippen LogP contribution >= 0.6 is 0 Å². The third kappa shape index (κ3) is 2.65. The number of fused-ring (bicyclic) bond motifs is 1. The summed E-state index contributed by atoms with van der Waals surface area (Å²) in [5.41, 5.74) is 2.42. The lowest BCUT2D eigenvalue weighted by Gasteiger charge is -2.16. The smallest absolute Gasteiger partial charge is 0.191 e. The fraction of sp³-hybridized carbons (Fsp3) is 0.500. The molecule has 0 saturated heterocycles. The molecule has 2 aromatic rings. The Kier molecular flexibility index (Phi) is 3.17. The van der Waals surface area contributed by atoms with Gasteiger partial charge in [-0.15, -0.1) is 10.2 Å². The molecule has 1 aromatic heterocycles. The molecule has 0 saturated carbocycles. The lowest BCUT2D eigenvalue weighted by atomic mass is 10.0. The zero-order chi connectivity index (χ0) is 14.2. The van der Waals surface area contributed by atoms with Gasteiger partial charge in [-0.25, -0.2) is 0 Å². The van der Waals surface area contributed by atoms with Crippen LogP contribution in [-0.4, -0.2) is 26.2 Å². The van der Waals surface area contributed by atoms with E-state index in [1.54, 1.807) is 0 Å². The number of nitrogens with zero attached hydrogens (tertiary/aromatic N) is 3. The van der Waals surface area contributed by atoms with Crippen molar-refractivity contribution in [3.63, 3.8) is 0 Å². The number of aromatic nitrogens is 4. The first-order valence-electron chi connectivity index (χ1n) is 6.81. The Labute approximate surface area is 117 Å². The Balaban J connectivity index is 1.65. The summed E-state index contributed by atoms with van der Waals surface area (Å²) < 4.78 is 5.88. The molecule has 1 atom stereocenters. The van der Waals surface area contributed by atoms with E-state index in [0.717, 1.165) is 18.7 Å². The van der Waals surface area contributed by atoms with Crippen LogP contribution in [0.3, 0.4) is 0 Å². The molecule has 0 aliphatic carbocycles. The molecule has 0 amide bonds. The Morgan fingerprint density at radius 2 is 2.30 bits per heavy atom. The van der Waals surface area contributed by atoms with Gasteiger partial charge in [-0.2, -0.15) is 5.21 Å². The normalized spacial score (nSPS) is 17.6. The number of hydrogen-bond donors (Lipinski definition) is 2. The van der Waals surface area contributed by atoms with Crippen LogP contribution in [-0.2, 0) is 13.0 Å². The summed E-state index contributed by atoms with van der Waals surface area (Å²) in [6.45, 7) is 7.01. The molecule has 0 spiro atoms. The van der Waals surface area contributed by atoms with Gasteiger partial charge in [-0.05, 0) is 38.0 Å². The van der Waals surface area contributed by atoms with Crippen molar-refractivity contribution in [1.82, 2.24) is 25.9 Å². The van der Waals surface area contributed by atoms with Gasteiger partial charge in [-0.1, -0.05) is 17.3 Å². The van der Waals surface area contributed by atoms with E-state index in [2.05, 4.69) is 58.0 Å². The van der Waals surface area contributed by atoms with Gasteiger partial charge in [0.05, 0.1) is 6.04 Å². The van der Waals surface area contributed by atoms with Crippen molar-refractivity contribution in [3.8, 4) is 5.75 Å². The van der Waals surface area contributed by atoms with Crippen LogP contribution in [0.2, 0.25) is 0 Å². The molecule has 20 heavy (non-hydrogen) atoms. The summed E-state index contributed by atoms with van der Waals surface area (Å²) in [7, 11) is 0. The quantitative estimate of drug-likeness (QED) is 0.887. The van der Waals surface area contributed by atoms with Gasteiger partial charge in [0.1, 0.15) is 11.4 Å². The first kappa shape index (κ1) is 13.1. The van der Waals surface area contributed by atoms with Crippen molar-refractivity contribution in [1.29, 1.82) is 0 Å².